The summed E-state index contributed by atoms with van der Waals surface area (Å²) in [5.41, 5.74) is 3.41. The van der Waals surface area contributed by atoms with Gasteiger partial charge in [-0.2, -0.15) is 0 Å². The van der Waals surface area contributed by atoms with Crippen LogP contribution in [0.25, 0.3) is 5.69 Å². The maximum atomic E-state index is 13.1. The van der Waals surface area contributed by atoms with E-state index in [9.17, 15) is 12.8 Å². The van der Waals surface area contributed by atoms with Gasteiger partial charge in [0, 0.05) is 12.2 Å². The number of hydrogen-bond acceptors (Lipinski definition) is 5. The molecule has 0 amide bonds. The molecule has 3 aromatic rings. The third kappa shape index (κ3) is 5.22. The van der Waals surface area contributed by atoms with E-state index in [2.05, 4.69) is 26.0 Å². The molecule has 7 nitrogen and oxygen atoms in total. The molecule has 0 aliphatic carbocycles. The summed E-state index contributed by atoms with van der Waals surface area (Å²) in [6.45, 7) is 2.57. The zero-order valence-corrected chi connectivity index (χ0v) is 17.5. The highest BCUT2D eigenvalue weighted by atomic mass is 32.2. The summed E-state index contributed by atoms with van der Waals surface area (Å²) in [4.78, 5) is 2.34. The Bertz CT molecular complexity index is 1110. The SMILES string of the molecule is CS(=O)(=O)Nc1cccc(C2CCN(Cc3cn(-c4ccc(F)cc4)nn3)CC2)c1. The summed E-state index contributed by atoms with van der Waals surface area (Å²) < 4.78 is 40.2. The van der Waals surface area contributed by atoms with Crippen molar-refractivity contribution in [2.75, 3.05) is 24.1 Å². The Hall–Kier alpha value is -2.78. The van der Waals surface area contributed by atoms with Crippen LogP contribution in [0, 0.1) is 5.82 Å². The molecule has 0 atom stereocenters. The van der Waals surface area contributed by atoms with Crippen molar-refractivity contribution < 1.29 is 12.8 Å². The number of rotatable bonds is 6. The second kappa shape index (κ2) is 8.53. The fraction of sp³-hybridized carbons (Fsp3) is 0.333. The van der Waals surface area contributed by atoms with Crippen molar-refractivity contribution in [2.24, 2.45) is 0 Å². The number of likely N-dealkylation sites (tertiary alicyclic amines) is 1. The molecule has 1 N–H and O–H groups in total. The highest BCUT2D eigenvalue weighted by molar-refractivity contribution is 7.92. The van der Waals surface area contributed by atoms with E-state index < -0.39 is 10.0 Å². The largest absolute Gasteiger partial charge is 0.297 e. The van der Waals surface area contributed by atoms with Crippen LogP contribution in [0.3, 0.4) is 0 Å². The standard InChI is InChI=1S/C21H24FN5O2S/c1-30(28,29)24-19-4-2-3-17(13-19)16-9-11-26(12-10-16)14-20-15-27(25-23-20)21-7-5-18(22)6-8-21/h2-8,13,15-16,24H,9-12,14H2,1H3. The third-order valence-corrected chi connectivity index (χ3v) is 5.87. The topological polar surface area (TPSA) is 80.1 Å². The average Bonchev–Trinajstić information content (AvgIpc) is 3.16. The number of nitrogens with one attached hydrogen (secondary N) is 1. The second-order valence-electron chi connectivity index (χ2n) is 7.68. The highest BCUT2D eigenvalue weighted by Gasteiger charge is 2.22. The van der Waals surface area contributed by atoms with Gasteiger partial charge in [-0.1, -0.05) is 17.3 Å². The van der Waals surface area contributed by atoms with Crippen LogP contribution < -0.4 is 4.72 Å². The van der Waals surface area contributed by atoms with Gasteiger partial charge in [0.2, 0.25) is 10.0 Å². The molecule has 158 valence electrons. The maximum Gasteiger partial charge on any atom is 0.229 e. The first-order valence-electron chi connectivity index (χ1n) is 9.83. The fourth-order valence-electron chi connectivity index (χ4n) is 3.81. The van der Waals surface area contributed by atoms with Crippen molar-refractivity contribution in [1.29, 1.82) is 0 Å². The molecule has 0 bridgehead atoms. The van der Waals surface area contributed by atoms with Gasteiger partial charge in [-0.05, 0) is 73.8 Å². The minimum atomic E-state index is -3.28. The molecule has 9 heteroatoms. The number of sulfonamides is 1. The first-order valence-corrected chi connectivity index (χ1v) is 11.7. The van der Waals surface area contributed by atoms with Gasteiger partial charge < -0.3 is 0 Å². The van der Waals surface area contributed by atoms with Crippen molar-refractivity contribution in [3.8, 4) is 5.69 Å². The Balaban J connectivity index is 1.34. The van der Waals surface area contributed by atoms with E-state index in [0.29, 0.717) is 18.2 Å². The van der Waals surface area contributed by atoms with Crippen LogP contribution >= 0.6 is 0 Å². The van der Waals surface area contributed by atoms with E-state index in [0.717, 1.165) is 49.1 Å². The normalized spacial score (nSPS) is 15.9. The Morgan fingerprint density at radius 2 is 1.87 bits per heavy atom. The van der Waals surface area contributed by atoms with Crippen LogP contribution in [0.1, 0.15) is 30.0 Å². The molecule has 1 aliphatic rings. The molecule has 4 rings (SSSR count). The molecule has 0 saturated carbocycles. The van der Waals surface area contributed by atoms with Crippen molar-refractivity contribution in [3.63, 3.8) is 0 Å². The molecule has 30 heavy (non-hydrogen) atoms. The Kier molecular flexibility index (Phi) is 5.83. The van der Waals surface area contributed by atoms with Gasteiger partial charge in [-0.25, -0.2) is 17.5 Å². The van der Waals surface area contributed by atoms with Crippen LogP contribution in [-0.2, 0) is 16.6 Å². The Labute approximate surface area is 175 Å². The first kappa shape index (κ1) is 20.5. The molecular weight excluding hydrogens is 405 g/mol. The molecule has 0 spiro atoms. The van der Waals surface area contributed by atoms with Crippen LogP contribution in [0.2, 0.25) is 0 Å². The number of piperidine rings is 1. The smallest absolute Gasteiger partial charge is 0.229 e. The summed E-state index contributed by atoms with van der Waals surface area (Å²) in [6, 6.07) is 13.8. The summed E-state index contributed by atoms with van der Waals surface area (Å²) >= 11 is 0. The van der Waals surface area contributed by atoms with E-state index in [4.69, 9.17) is 0 Å². The van der Waals surface area contributed by atoms with Crippen LogP contribution in [0.4, 0.5) is 10.1 Å². The van der Waals surface area contributed by atoms with E-state index in [1.54, 1.807) is 22.9 Å². The van der Waals surface area contributed by atoms with Crippen LogP contribution in [-0.4, -0.2) is 47.7 Å². The number of benzene rings is 2. The van der Waals surface area contributed by atoms with Crippen LogP contribution in [0.15, 0.2) is 54.7 Å². The molecule has 1 fully saturated rings. The molecule has 1 aliphatic heterocycles. The quantitative estimate of drug-likeness (QED) is 0.651. The van der Waals surface area contributed by atoms with E-state index in [1.165, 1.54) is 12.1 Å². The molecule has 1 saturated heterocycles. The monoisotopic (exact) mass is 429 g/mol. The van der Waals surface area contributed by atoms with Crippen molar-refractivity contribution in [2.45, 2.75) is 25.3 Å². The Morgan fingerprint density at radius 1 is 1.13 bits per heavy atom. The zero-order chi connectivity index (χ0) is 21.1. The molecular formula is C21H24FN5O2S. The van der Waals surface area contributed by atoms with E-state index in [-0.39, 0.29) is 5.82 Å². The maximum absolute atomic E-state index is 13.1. The lowest BCUT2D eigenvalue weighted by Crippen LogP contribution is -2.32. The number of hydrogen-bond donors (Lipinski definition) is 1. The van der Waals surface area contributed by atoms with Gasteiger partial charge >= 0.3 is 0 Å². The molecule has 2 aromatic carbocycles. The van der Waals surface area contributed by atoms with Crippen molar-refractivity contribution in [1.82, 2.24) is 19.9 Å². The summed E-state index contributed by atoms with van der Waals surface area (Å²) in [5, 5.41) is 8.39. The summed E-state index contributed by atoms with van der Waals surface area (Å²) in [7, 11) is -3.28. The minimum absolute atomic E-state index is 0.278. The first-order chi connectivity index (χ1) is 14.4. The lowest BCUT2D eigenvalue weighted by molar-refractivity contribution is 0.202. The van der Waals surface area contributed by atoms with E-state index >= 15 is 0 Å². The highest BCUT2D eigenvalue weighted by Crippen LogP contribution is 2.30. The third-order valence-electron chi connectivity index (χ3n) is 5.27. The van der Waals surface area contributed by atoms with Gasteiger partial charge in [-0.15, -0.1) is 5.10 Å². The van der Waals surface area contributed by atoms with Gasteiger partial charge in [0.15, 0.2) is 0 Å². The number of halogens is 1. The van der Waals surface area contributed by atoms with Crippen molar-refractivity contribution >= 4 is 15.7 Å². The van der Waals surface area contributed by atoms with Gasteiger partial charge in [0.1, 0.15) is 5.82 Å². The molecule has 1 aromatic heterocycles. The van der Waals surface area contributed by atoms with Gasteiger partial charge in [0.05, 0.1) is 23.8 Å². The average molecular weight is 430 g/mol. The Morgan fingerprint density at radius 3 is 2.57 bits per heavy atom. The van der Waals surface area contributed by atoms with Gasteiger partial charge in [-0.3, -0.25) is 9.62 Å². The predicted octanol–water partition coefficient (Wildman–Crippen LogP) is 3.16. The van der Waals surface area contributed by atoms with Gasteiger partial charge in [0.25, 0.3) is 0 Å². The summed E-state index contributed by atoms with van der Waals surface area (Å²) in [5.74, 6) is 0.122. The fourth-order valence-corrected chi connectivity index (χ4v) is 4.37. The van der Waals surface area contributed by atoms with Crippen molar-refractivity contribution in [3.05, 3.63) is 71.8 Å². The second-order valence-corrected chi connectivity index (χ2v) is 9.43. The lowest BCUT2D eigenvalue weighted by Gasteiger charge is -2.31. The zero-order valence-electron chi connectivity index (χ0n) is 16.7. The predicted molar refractivity (Wildman–Crippen MR) is 113 cm³/mol. The number of anilines is 1. The van der Waals surface area contributed by atoms with Crippen LogP contribution in [0.5, 0.6) is 0 Å². The molecule has 2 heterocycles. The lowest BCUT2D eigenvalue weighted by atomic mass is 9.89. The summed E-state index contributed by atoms with van der Waals surface area (Å²) in [6.07, 6.45) is 5.02. The van der Waals surface area contributed by atoms with E-state index in [1.807, 2.05) is 18.3 Å². The number of nitrogens with zero attached hydrogens (tertiary/aromatic N) is 4. The molecule has 0 radical (unpaired) electrons. The minimum Gasteiger partial charge on any atom is -0.297 e. The molecule has 0 unspecified atom stereocenters. The number of aromatic nitrogens is 3.